The van der Waals surface area contributed by atoms with Crippen molar-refractivity contribution in [3.05, 3.63) is 30.1 Å². The lowest BCUT2D eigenvalue weighted by atomic mass is 10.3. The summed E-state index contributed by atoms with van der Waals surface area (Å²) in [5.41, 5.74) is -4.53. The van der Waals surface area contributed by atoms with Crippen molar-refractivity contribution in [3.63, 3.8) is 0 Å². The van der Waals surface area contributed by atoms with Crippen LogP contribution in [0.2, 0.25) is 0 Å². The van der Waals surface area contributed by atoms with E-state index in [0.717, 1.165) is 5.69 Å². The van der Waals surface area contributed by atoms with Gasteiger partial charge in [0.05, 0.1) is 0 Å². The lowest BCUT2D eigenvalue weighted by molar-refractivity contribution is -0.712. The van der Waals surface area contributed by atoms with Gasteiger partial charge < -0.3 is 4.55 Å². The van der Waals surface area contributed by atoms with Crippen LogP contribution in [0.25, 0.3) is 0 Å². The first-order valence-corrected chi connectivity index (χ1v) is 6.30. The van der Waals surface area contributed by atoms with Crippen LogP contribution >= 0.6 is 0 Å². The summed E-state index contributed by atoms with van der Waals surface area (Å²) in [6.07, 6.45) is 1.92. The summed E-state index contributed by atoms with van der Waals surface area (Å²) in [7, 11) is -6.09. The molecule has 0 N–H and O–H groups in total. The Balaban J connectivity index is 0.000000362. The molecule has 1 atom stereocenters. The van der Waals surface area contributed by atoms with Crippen molar-refractivity contribution in [2.45, 2.75) is 25.4 Å². The molecule has 1 aromatic rings. The van der Waals surface area contributed by atoms with Gasteiger partial charge in [0, 0.05) is 26.0 Å². The van der Waals surface area contributed by atoms with Crippen LogP contribution in [0.4, 0.5) is 13.2 Å². The maximum Gasteiger partial charge on any atom is 0.485 e. The zero-order valence-electron chi connectivity index (χ0n) is 10.0. The molecule has 1 rings (SSSR count). The summed E-state index contributed by atoms with van der Waals surface area (Å²) in [5.74, 6) is 0. The van der Waals surface area contributed by atoms with Crippen LogP contribution in [0, 0.1) is 18.3 Å². The molecule has 0 spiro atoms. The number of aromatic nitrogens is 1. The van der Waals surface area contributed by atoms with Gasteiger partial charge in [-0.15, -0.1) is 0 Å². The highest BCUT2D eigenvalue weighted by Gasteiger charge is 2.36. The highest BCUT2D eigenvalue weighted by molar-refractivity contribution is 7.86. The van der Waals surface area contributed by atoms with Crippen LogP contribution in [0.3, 0.4) is 0 Å². The minimum atomic E-state index is -6.09. The summed E-state index contributed by atoms with van der Waals surface area (Å²) in [4.78, 5) is 0. The van der Waals surface area contributed by atoms with Gasteiger partial charge in [0.1, 0.15) is 6.07 Å². The Morgan fingerprint density at radius 2 is 1.89 bits per heavy atom. The van der Waals surface area contributed by atoms with Gasteiger partial charge in [0.2, 0.25) is 6.04 Å². The molecule has 0 saturated carbocycles. The van der Waals surface area contributed by atoms with Crippen LogP contribution in [0.1, 0.15) is 18.7 Å². The lowest BCUT2D eigenvalue weighted by Gasteiger charge is -2.08. The van der Waals surface area contributed by atoms with Gasteiger partial charge in [-0.3, -0.25) is 0 Å². The topological polar surface area (TPSA) is 84.9 Å². The van der Waals surface area contributed by atoms with E-state index in [9.17, 15) is 13.2 Å². The normalized spacial score (nSPS) is 12.9. The Kier molecular flexibility index (Phi) is 5.92. The zero-order chi connectivity index (χ0) is 15.3. The van der Waals surface area contributed by atoms with E-state index in [2.05, 4.69) is 6.07 Å². The Labute approximate surface area is 108 Å². The SMILES string of the molecule is Cc1cccc[n+]1C(C)C#N.O=S(=O)([O-])C(F)(F)F. The molecule has 0 bridgehead atoms. The van der Waals surface area contributed by atoms with E-state index >= 15 is 0 Å². The molecule has 1 aromatic heterocycles. The molecule has 0 saturated heterocycles. The number of alkyl halides is 3. The summed E-state index contributed by atoms with van der Waals surface area (Å²) >= 11 is 0. The first kappa shape index (κ1) is 17.3. The molecule has 0 aliphatic heterocycles. The van der Waals surface area contributed by atoms with Crippen LogP contribution in [-0.2, 0) is 10.1 Å². The molecule has 0 aliphatic carbocycles. The van der Waals surface area contributed by atoms with Crippen molar-refractivity contribution < 1.29 is 30.7 Å². The third-order valence-electron chi connectivity index (χ3n) is 1.99. The van der Waals surface area contributed by atoms with Crippen molar-refractivity contribution in [1.29, 1.82) is 5.26 Å². The van der Waals surface area contributed by atoms with E-state index in [0.29, 0.717) is 0 Å². The number of halogens is 3. The molecule has 19 heavy (non-hydrogen) atoms. The van der Waals surface area contributed by atoms with Crippen molar-refractivity contribution in [2.24, 2.45) is 0 Å². The average molecular weight is 296 g/mol. The fraction of sp³-hybridized carbons (Fsp3) is 0.400. The summed E-state index contributed by atoms with van der Waals surface area (Å²) < 4.78 is 60.8. The molecule has 0 aliphatic rings. The van der Waals surface area contributed by atoms with E-state index in [1.807, 2.05) is 42.8 Å². The maximum atomic E-state index is 10.7. The van der Waals surface area contributed by atoms with Gasteiger partial charge in [-0.25, -0.2) is 8.42 Å². The van der Waals surface area contributed by atoms with Crippen molar-refractivity contribution in [2.75, 3.05) is 0 Å². The second kappa shape index (κ2) is 6.49. The highest BCUT2D eigenvalue weighted by Crippen LogP contribution is 2.20. The molecule has 106 valence electrons. The Morgan fingerprint density at radius 1 is 1.42 bits per heavy atom. The van der Waals surface area contributed by atoms with E-state index in [1.54, 1.807) is 0 Å². The second-order valence-electron chi connectivity index (χ2n) is 3.45. The third kappa shape index (κ3) is 5.67. The van der Waals surface area contributed by atoms with Crippen molar-refractivity contribution >= 4 is 10.1 Å². The summed E-state index contributed by atoms with van der Waals surface area (Å²) in [5, 5.41) is 8.64. The average Bonchev–Trinajstić information content (AvgIpc) is 2.27. The van der Waals surface area contributed by atoms with E-state index in [1.165, 1.54) is 0 Å². The number of nitrogens with zero attached hydrogens (tertiary/aromatic N) is 2. The zero-order valence-corrected chi connectivity index (χ0v) is 10.9. The van der Waals surface area contributed by atoms with E-state index in [4.69, 9.17) is 18.2 Å². The molecule has 9 heteroatoms. The fourth-order valence-electron chi connectivity index (χ4n) is 1.04. The number of pyridine rings is 1. The molecular formula is C10H11F3N2O3S. The molecule has 1 heterocycles. The number of aryl methyl sites for hydroxylation is 1. The minimum Gasteiger partial charge on any atom is -0.741 e. The smallest absolute Gasteiger partial charge is 0.485 e. The molecule has 0 radical (unpaired) electrons. The molecule has 1 unspecified atom stereocenters. The Bertz CT molecular complexity index is 564. The van der Waals surface area contributed by atoms with Gasteiger partial charge in [-0.2, -0.15) is 23.0 Å². The largest absolute Gasteiger partial charge is 0.741 e. The second-order valence-corrected chi connectivity index (χ2v) is 4.83. The highest BCUT2D eigenvalue weighted by atomic mass is 32.2. The monoisotopic (exact) mass is 296 g/mol. The van der Waals surface area contributed by atoms with Crippen LogP contribution in [0.15, 0.2) is 24.4 Å². The van der Waals surface area contributed by atoms with Gasteiger partial charge in [0.15, 0.2) is 22.0 Å². The fourth-order valence-corrected chi connectivity index (χ4v) is 1.04. The molecule has 0 aromatic carbocycles. The number of nitriles is 1. The predicted octanol–water partition coefficient (Wildman–Crippen LogP) is 1.42. The molecule has 5 nitrogen and oxygen atoms in total. The van der Waals surface area contributed by atoms with Gasteiger partial charge >= 0.3 is 5.51 Å². The third-order valence-corrected chi connectivity index (χ3v) is 2.56. The van der Waals surface area contributed by atoms with E-state index < -0.39 is 15.6 Å². The number of hydrogen-bond acceptors (Lipinski definition) is 4. The van der Waals surface area contributed by atoms with Gasteiger partial charge in [-0.05, 0) is 0 Å². The van der Waals surface area contributed by atoms with Crippen LogP contribution in [0.5, 0.6) is 0 Å². The van der Waals surface area contributed by atoms with Crippen LogP contribution in [-0.4, -0.2) is 18.5 Å². The molecule has 0 amide bonds. The van der Waals surface area contributed by atoms with Gasteiger partial charge in [-0.1, -0.05) is 6.07 Å². The maximum absolute atomic E-state index is 10.7. The predicted molar refractivity (Wildman–Crippen MR) is 57.5 cm³/mol. The lowest BCUT2D eigenvalue weighted by Crippen LogP contribution is -2.39. The number of rotatable bonds is 1. The Morgan fingerprint density at radius 3 is 2.21 bits per heavy atom. The molecule has 0 fully saturated rings. The first-order valence-electron chi connectivity index (χ1n) is 4.89. The quantitative estimate of drug-likeness (QED) is 0.445. The summed E-state index contributed by atoms with van der Waals surface area (Å²) in [6, 6.07) is 8.01. The molecular weight excluding hydrogens is 285 g/mol. The van der Waals surface area contributed by atoms with Crippen LogP contribution < -0.4 is 4.57 Å². The summed E-state index contributed by atoms with van der Waals surface area (Å²) in [6.45, 7) is 3.88. The van der Waals surface area contributed by atoms with Crippen molar-refractivity contribution in [3.8, 4) is 6.07 Å². The first-order chi connectivity index (χ1) is 8.50. The van der Waals surface area contributed by atoms with Crippen molar-refractivity contribution in [1.82, 2.24) is 0 Å². The Hall–Kier alpha value is -1.66. The number of hydrogen-bond donors (Lipinski definition) is 0. The standard InChI is InChI=1S/C9H11N2.CHF3O3S/c1-8-5-3-4-6-11(8)9(2)7-10;2-1(3,4)8(5,6)7/h3-6,9H,1-2H3;(H,5,6,7)/q+1;/p-1. The van der Waals surface area contributed by atoms with E-state index in [-0.39, 0.29) is 6.04 Å². The van der Waals surface area contributed by atoms with Gasteiger partial charge in [0.25, 0.3) is 0 Å². The minimum absolute atomic E-state index is 0.0730.